The van der Waals surface area contributed by atoms with E-state index < -0.39 is 29.0 Å². The Labute approximate surface area is 246 Å². The molecular weight excluding hydrogens is 562 g/mol. The summed E-state index contributed by atoms with van der Waals surface area (Å²) in [6, 6.07) is 9.33. The number of nitrogens with one attached hydrogen (secondary N) is 3. The molecule has 0 fully saturated rings. The van der Waals surface area contributed by atoms with Crippen molar-refractivity contribution in [2.45, 2.75) is 51.6 Å². The Hall–Kier alpha value is -4.55. The zero-order chi connectivity index (χ0) is 31.3. The summed E-state index contributed by atoms with van der Waals surface area (Å²) in [5, 5.41) is 22.5. The van der Waals surface area contributed by atoms with Crippen LogP contribution in [-0.4, -0.2) is 38.2 Å². The summed E-state index contributed by atoms with van der Waals surface area (Å²) in [6.07, 6.45) is 4.59. The number of aliphatic hydroxyl groups is 1. The molecule has 0 aliphatic rings. The normalized spacial score (nSPS) is 11.5. The number of pyridine rings is 1. The molecule has 2 aromatic heterocycles. The highest BCUT2D eigenvalue weighted by molar-refractivity contribution is 6.03. The van der Waals surface area contributed by atoms with Gasteiger partial charge in [0.2, 0.25) is 5.91 Å². The van der Waals surface area contributed by atoms with Crippen LogP contribution in [0.4, 0.5) is 8.78 Å². The standard InChI is InChI=1S/C31H34F2N4O6/c1-31(2,41)18-9-11-25(43-26-12-10-19(32)15-23(26)33)20(14-18)22-17-37(3)30(40)28-21(22)16-24(35-28)29(39)34-13-7-5-4-6-8-27(38)36-42/h9-12,14-17,35,41-42H,4-8,13H2,1-3H3,(H,34,39)(H,36,38). The van der Waals surface area contributed by atoms with Crippen molar-refractivity contribution in [2.75, 3.05) is 6.54 Å². The molecule has 0 spiro atoms. The number of H-pyrrole nitrogens is 1. The van der Waals surface area contributed by atoms with Crippen molar-refractivity contribution in [2.24, 2.45) is 7.05 Å². The molecule has 10 nitrogen and oxygen atoms in total. The number of hydrogen-bond acceptors (Lipinski definition) is 6. The maximum absolute atomic E-state index is 14.5. The fourth-order valence-electron chi connectivity index (χ4n) is 4.67. The minimum Gasteiger partial charge on any atom is -0.454 e. The molecule has 12 heteroatoms. The number of aryl methyl sites for hydroxylation is 1. The lowest BCUT2D eigenvalue weighted by atomic mass is 9.93. The molecule has 4 rings (SSSR count). The van der Waals surface area contributed by atoms with Gasteiger partial charge in [-0.15, -0.1) is 0 Å². The molecule has 228 valence electrons. The van der Waals surface area contributed by atoms with Crippen molar-refractivity contribution in [3.63, 3.8) is 0 Å². The monoisotopic (exact) mass is 596 g/mol. The number of ether oxygens (including phenoxy) is 1. The average molecular weight is 597 g/mol. The lowest BCUT2D eigenvalue weighted by Crippen LogP contribution is -2.25. The van der Waals surface area contributed by atoms with E-state index in [0.717, 1.165) is 18.9 Å². The fourth-order valence-corrected chi connectivity index (χ4v) is 4.67. The number of halogens is 2. The van der Waals surface area contributed by atoms with Gasteiger partial charge in [-0.25, -0.2) is 14.3 Å². The predicted octanol–water partition coefficient (Wildman–Crippen LogP) is 5.02. The first-order chi connectivity index (χ1) is 20.4. The lowest BCUT2D eigenvalue weighted by Gasteiger charge is -2.21. The van der Waals surface area contributed by atoms with E-state index in [1.165, 1.54) is 10.6 Å². The number of aromatic amines is 1. The van der Waals surface area contributed by atoms with Gasteiger partial charge in [0.1, 0.15) is 22.8 Å². The van der Waals surface area contributed by atoms with E-state index in [1.54, 1.807) is 56.8 Å². The molecule has 0 aliphatic heterocycles. The second kappa shape index (κ2) is 13.2. The van der Waals surface area contributed by atoms with E-state index in [4.69, 9.17) is 9.94 Å². The number of carbonyl (C=O) groups excluding carboxylic acids is 2. The van der Waals surface area contributed by atoms with Crippen LogP contribution in [0.2, 0.25) is 0 Å². The summed E-state index contributed by atoms with van der Waals surface area (Å²) in [6.45, 7) is 3.58. The van der Waals surface area contributed by atoms with Crippen LogP contribution in [0.1, 0.15) is 62.0 Å². The molecule has 0 atom stereocenters. The SMILES string of the molecule is Cn1cc(-c2cc(C(C)(C)O)ccc2Oc2ccc(F)cc2F)c2cc(C(=O)NCCCCCCC(=O)NO)[nH]c2c1=O. The second-order valence-corrected chi connectivity index (χ2v) is 10.8. The maximum atomic E-state index is 14.5. The van der Waals surface area contributed by atoms with Gasteiger partial charge in [-0.1, -0.05) is 18.9 Å². The molecule has 2 heterocycles. The van der Waals surface area contributed by atoms with Crippen molar-refractivity contribution >= 4 is 22.7 Å². The number of hydroxylamine groups is 1. The van der Waals surface area contributed by atoms with Gasteiger partial charge in [-0.05, 0) is 62.6 Å². The predicted molar refractivity (Wildman–Crippen MR) is 156 cm³/mol. The molecule has 0 aliphatic carbocycles. The summed E-state index contributed by atoms with van der Waals surface area (Å²) in [7, 11) is 1.55. The van der Waals surface area contributed by atoms with Gasteiger partial charge in [0, 0.05) is 48.8 Å². The average Bonchev–Trinajstić information content (AvgIpc) is 3.41. The first-order valence-corrected chi connectivity index (χ1v) is 13.8. The summed E-state index contributed by atoms with van der Waals surface area (Å²) < 4.78 is 35.2. The number of nitrogens with zero attached hydrogens (tertiary/aromatic N) is 1. The van der Waals surface area contributed by atoms with Crippen LogP contribution >= 0.6 is 0 Å². The largest absolute Gasteiger partial charge is 0.454 e. The molecule has 2 aromatic carbocycles. The lowest BCUT2D eigenvalue weighted by molar-refractivity contribution is -0.129. The minimum absolute atomic E-state index is 0.157. The summed E-state index contributed by atoms with van der Waals surface area (Å²) >= 11 is 0. The minimum atomic E-state index is -1.25. The Morgan fingerprint density at radius 2 is 1.72 bits per heavy atom. The van der Waals surface area contributed by atoms with Gasteiger partial charge in [-0.2, -0.15) is 0 Å². The van der Waals surface area contributed by atoms with Gasteiger partial charge in [0.25, 0.3) is 11.5 Å². The highest BCUT2D eigenvalue weighted by atomic mass is 19.1. The van der Waals surface area contributed by atoms with Crippen molar-refractivity contribution in [1.82, 2.24) is 20.3 Å². The Kier molecular flexibility index (Phi) is 9.62. The van der Waals surface area contributed by atoms with Crippen molar-refractivity contribution in [3.8, 4) is 22.6 Å². The molecule has 5 N–H and O–H groups in total. The van der Waals surface area contributed by atoms with Crippen LogP contribution in [0.3, 0.4) is 0 Å². The third kappa shape index (κ3) is 7.46. The summed E-state index contributed by atoms with van der Waals surface area (Å²) in [4.78, 5) is 40.0. The number of unbranched alkanes of at least 4 members (excludes halogenated alkanes) is 3. The van der Waals surface area contributed by atoms with Crippen molar-refractivity contribution in [1.29, 1.82) is 0 Å². The molecule has 43 heavy (non-hydrogen) atoms. The Balaban J connectivity index is 1.66. The third-order valence-corrected chi connectivity index (χ3v) is 7.04. The Morgan fingerprint density at radius 3 is 2.42 bits per heavy atom. The second-order valence-electron chi connectivity index (χ2n) is 10.8. The molecule has 0 bridgehead atoms. The van der Waals surface area contributed by atoms with Crippen LogP contribution in [0.25, 0.3) is 22.0 Å². The maximum Gasteiger partial charge on any atom is 0.274 e. The summed E-state index contributed by atoms with van der Waals surface area (Å²) in [5.41, 5.74) is 1.69. The van der Waals surface area contributed by atoms with E-state index in [9.17, 15) is 28.3 Å². The van der Waals surface area contributed by atoms with E-state index in [-0.39, 0.29) is 34.7 Å². The quantitative estimate of drug-likeness (QED) is 0.0883. The van der Waals surface area contributed by atoms with Crippen LogP contribution in [0.15, 0.2) is 53.5 Å². The van der Waals surface area contributed by atoms with E-state index >= 15 is 0 Å². The van der Waals surface area contributed by atoms with E-state index in [0.29, 0.717) is 47.5 Å². The van der Waals surface area contributed by atoms with Crippen LogP contribution in [0.5, 0.6) is 11.5 Å². The highest BCUT2D eigenvalue weighted by Gasteiger charge is 2.23. The van der Waals surface area contributed by atoms with Crippen molar-refractivity contribution in [3.05, 3.63) is 81.9 Å². The Bertz CT molecular complexity index is 1710. The number of amides is 2. The van der Waals surface area contributed by atoms with Gasteiger partial charge >= 0.3 is 0 Å². The van der Waals surface area contributed by atoms with E-state index in [1.807, 2.05) is 0 Å². The third-order valence-electron chi connectivity index (χ3n) is 7.04. The fraction of sp³-hybridized carbons (Fsp3) is 0.323. The Morgan fingerprint density at radius 1 is 1.00 bits per heavy atom. The number of hydrogen-bond donors (Lipinski definition) is 5. The molecular formula is C31H34F2N4O6. The molecule has 4 aromatic rings. The molecule has 0 saturated heterocycles. The van der Waals surface area contributed by atoms with Gasteiger partial charge in [-0.3, -0.25) is 19.6 Å². The van der Waals surface area contributed by atoms with Crippen LogP contribution < -0.4 is 21.1 Å². The summed E-state index contributed by atoms with van der Waals surface area (Å²) in [5.74, 6) is -2.55. The van der Waals surface area contributed by atoms with Gasteiger partial charge < -0.3 is 24.7 Å². The van der Waals surface area contributed by atoms with E-state index in [2.05, 4.69) is 10.3 Å². The van der Waals surface area contributed by atoms with Gasteiger partial charge in [0.05, 0.1) is 5.60 Å². The number of rotatable bonds is 12. The zero-order valence-corrected chi connectivity index (χ0v) is 24.1. The first kappa shape index (κ1) is 31.4. The molecule has 0 saturated carbocycles. The first-order valence-electron chi connectivity index (χ1n) is 13.8. The van der Waals surface area contributed by atoms with Crippen LogP contribution in [0, 0.1) is 11.6 Å². The highest BCUT2D eigenvalue weighted by Crippen LogP contribution is 2.40. The molecule has 0 unspecified atom stereocenters. The number of fused-ring (bicyclic) bond motifs is 1. The number of carbonyl (C=O) groups is 2. The topological polar surface area (TPSA) is 146 Å². The van der Waals surface area contributed by atoms with Crippen LogP contribution in [-0.2, 0) is 17.4 Å². The zero-order valence-electron chi connectivity index (χ0n) is 24.1. The molecule has 2 amide bonds. The van der Waals surface area contributed by atoms with Crippen molar-refractivity contribution < 1.29 is 33.4 Å². The number of aromatic nitrogens is 2. The smallest absolute Gasteiger partial charge is 0.274 e. The molecule has 0 radical (unpaired) electrons. The number of benzene rings is 2. The van der Waals surface area contributed by atoms with Gasteiger partial charge in [0.15, 0.2) is 11.6 Å².